The van der Waals surface area contributed by atoms with Gasteiger partial charge in [0.05, 0.1) is 51.2 Å². The molecule has 0 saturated carbocycles. The Morgan fingerprint density at radius 2 is 1.86 bits per heavy atom. The summed E-state index contributed by atoms with van der Waals surface area (Å²) in [7, 11) is 1.12. The first-order valence-electron chi connectivity index (χ1n) is 10.6. The third-order valence-electron chi connectivity index (χ3n) is 5.20. The van der Waals surface area contributed by atoms with Crippen molar-refractivity contribution in [1.29, 1.82) is 5.26 Å². The number of nitrogens with one attached hydrogen (secondary N) is 2. The van der Waals surface area contributed by atoms with E-state index in [1.165, 1.54) is 24.3 Å². The van der Waals surface area contributed by atoms with Gasteiger partial charge in [-0.1, -0.05) is 46.6 Å². The van der Waals surface area contributed by atoms with Crippen LogP contribution in [0.2, 0.25) is 15.1 Å². The Kier molecular flexibility index (Phi) is 9.68. The molecule has 13 heteroatoms. The molecule has 0 fully saturated rings. The number of esters is 1. The van der Waals surface area contributed by atoms with Crippen molar-refractivity contribution in [2.75, 3.05) is 24.8 Å². The van der Waals surface area contributed by atoms with E-state index in [0.29, 0.717) is 12.2 Å². The van der Waals surface area contributed by atoms with Gasteiger partial charge in [-0.05, 0) is 42.8 Å². The van der Waals surface area contributed by atoms with Gasteiger partial charge in [0.1, 0.15) is 11.7 Å². The van der Waals surface area contributed by atoms with Gasteiger partial charge >= 0.3 is 5.97 Å². The average molecular weight is 587 g/mol. The van der Waals surface area contributed by atoms with Gasteiger partial charge in [-0.2, -0.15) is 5.26 Å². The molecule has 194 valence electrons. The highest BCUT2D eigenvalue weighted by atomic mass is 35.5. The molecule has 1 aliphatic rings. The zero-order chi connectivity index (χ0) is 27.3. The summed E-state index contributed by atoms with van der Waals surface area (Å²) >= 11 is 19.3. The molecule has 0 spiro atoms. The van der Waals surface area contributed by atoms with Crippen LogP contribution in [0.15, 0.2) is 40.9 Å². The first-order chi connectivity index (χ1) is 17.6. The molecule has 1 aliphatic heterocycles. The van der Waals surface area contributed by atoms with Crippen LogP contribution in [-0.4, -0.2) is 37.3 Å². The third kappa shape index (κ3) is 6.48. The Morgan fingerprint density at radius 1 is 1.19 bits per heavy atom. The summed E-state index contributed by atoms with van der Waals surface area (Å²) in [5.41, 5.74) is 0.583. The highest BCUT2D eigenvalue weighted by molar-refractivity contribution is 8.03. The molecule has 3 rings (SSSR count). The quantitative estimate of drug-likeness (QED) is 0.319. The number of allylic oxidation sites excluding steroid dienone is 1. The van der Waals surface area contributed by atoms with Crippen LogP contribution in [0, 0.1) is 23.1 Å². The lowest BCUT2D eigenvalue weighted by molar-refractivity contribution is -0.150. The molecule has 2 aromatic rings. The molecule has 2 amide bonds. The maximum absolute atomic E-state index is 13.4. The number of benzene rings is 2. The number of halogens is 4. The van der Waals surface area contributed by atoms with Crippen molar-refractivity contribution in [1.82, 2.24) is 5.32 Å². The number of nitriles is 1. The molecule has 0 saturated heterocycles. The second kappa shape index (κ2) is 12.5. The number of nitrogens with zero attached hydrogens (tertiary/aromatic N) is 1. The minimum atomic E-state index is -1.41. The Balaban J connectivity index is 1.96. The van der Waals surface area contributed by atoms with Crippen LogP contribution in [0.5, 0.6) is 5.75 Å². The summed E-state index contributed by atoms with van der Waals surface area (Å²) < 4.78 is 23.6. The van der Waals surface area contributed by atoms with E-state index in [1.54, 1.807) is 6.92 Å². The van der Waals surface area contributed by atoms with Gasteiger partial charge in [0, 0.05) is 11.6 Å². The second-order valence-electron chi connectivity index (χ2n) is 7.53. The van der Waals surface area contributed by atoms with Gasteiger partial charge in [-0.3, -0.25) is 14.4 Å². The molecule has 8 nitrogen and oxygen atoms in total. The van der Waals surface area contributed by atoms with Gasteiger partial charge in [0.15, 0.2) is 5.75 Å². The zero-order valence-electron chi connectivity index (χ0n) is 19.4. The molecule has 2 aromatic carbocycles. The zero-order valence-corrected chi connectivity index (χ0v) is 22.4. The SMILES string of the molecule is CCOc1c(Cl)cc([C@@H]2C(C#N)=C(SCC(=O)Nc3ccc(F)c(Cl)c3)NC(=O)[C@@H]2C(=O)OC)cc1Cl. The van der Waals surface area contributed by atoms with Gasteiger partial charge in [0.2, 0.25) is 11.8 Å². The lowest BCUT2D eigenvalue weighted by atomic mass is 9.78. The number of carbonyl (C=O) groups excluding carboxylic acids is 3. The number of ether oxygens (including phenoxy) is 2. The molecule has 37 heavy (non-hydrogen) atoms. The first-order valence-corrected chi connectivity index (χ1v) is 12.8. The molecule has 0 aliphatic carbocycles. The monoisotopic (exact) mass is 585 g/mol. The molecular weight excluding hydrogens is 568 g/mol. The number of rotatable bonds is 8. The fraction of sp³-hybridized carbons (Fsp3) is 0.250. The normalized spacial score (nSPS) is 17.1. The molecule has 2 N–H and O–H groups in total. The van der Waals surface area contributed by atoms with Crippen LogP contribution in [0.3, 0.4) is 0 Å². The number of hydrogen-bond donors (Lipinski definition) is 2. The maximum Gasteiger partial charge on any atom is 0.319 e. The van der Waals surface area contributed by atoms with Crippen LogP contribution < -0.4 is 15.4 Å². The summed E-state index contributed by atoms with van der Waals surface area (Å²) in [6.45, 7) is 2.05. The minimum Gasteiger partial charge on any atom is -0.491 e. The van der Waals surface area contributed by atoms with Gasteiger partial charge in [0.25, 0.3) is 0 Å². The van der Waals surface area contributed by atoms with E-state index in [2.05, 4.69) is 10.6 Å². The van der Waals surface area contributed by atoms with Crippen LogP contribution >= 0.6 is 46.6 Å². The predicted octanol–water partition coefficient (Wildman–Crippen LogP) is 5.29. The molecule has 0 aromatic heterocycles. The fourth-order valence-electron chi connectivity index (χ4n) is 3.63. The van der Waals surface area contributed by atoms with Crippen LogP contribution in [-0.2, 0) is 19.1 Å². The van der Waals surface area contributed by atoms with Crippen molar-refractivity contribution in [3.05, 3.63) is 67.4 Å². The summed E-state index contributed by atoms with van der Waals surface area (Å²) in [5, 5.41) is 15.3. The molecule has 2 atom stereocenters. The highest BCUT2D eigenvalue weighted by Crippen LogP contribution is 2.44. The number of thioether (sulfide) groups is 1. The van der Waals surface area contributed by atoms with Crippen molar-refractivity contribution >= 4 is 70.0 Å². The Labute approximate surface area is 231 Å². The average Bonchev–Trinajstić information content (AvgIpc) is 2.86. The fourth-order valence-corrected chi connectivity index (χ4v) is 5.27. The number of hydrogen-bond acceptors (Lipinski definition) is 7. The molecule has 0 radical (unpaired) electrons. The third-order valence-corrected chi connectivity index (χ3v) is 7.07. The Hall–Kier alpha value is -2.97. The topological polar surface area (TPSA) is 118 Å². The van der Waals surface area contributed by atoms with E-state index in [1.807, 2.05) is 6.07 Å². The smallest absolute Gasteiger partial charge is 0.319 e. The predicted molar refractivity (Wildman–Crippen MR) is 139 cm³/mol. The van der Waals surface area contributed by atoms with Crippen molar-refractivity contribution < 1.29 is 28.2 Å². The van der Waals surface area contributed by atoms with E-state index < -0.39 is 35.4 Å². The van der Waals surface area contributed by atoms with Crippen molar-refractivity contribution in [2.45, 2.75) is 12.8 Å². The van der Waals surface area contributed by atoms with Crippen molar-refractivity contribution in [3.8, 4) is 11.8 Å². The van der Waals surface area contributed by atoms with E-state index >= 15 is 0 Å². The molecule has 1 heterocycles. The van der Waals surface area contributed by atoms with Gasteiger partial charge < -0.3 is 20.1 Å². The first kappa shape index (κ1) is 28.6. The highest BCUT2D eigenvalue weighted by Gasteiger charge is 2.44. The molecule has 0 bridgehead atoms. The van der Waals surface area contributed by atoms with E-state index in [-0.39, 0.29) is 42.9 Å². The lowest BCUT2D eigenvalue weighted by Gasteiger charge is -2.31. The van der Waals surface area contributed by atoms with Crippen LogP contribution in [0.1, 0.15) is 18.4 Å². The van der Waals surface area contributed by atoms with E-state index in [9.17, 15) is 24.0 Å². The number of amides is 2. The summed E-state index contributed by atoms with van der Waals surface area (Å²) in [6.07, 6.45) is 0. The molecule has 0 unspecified atom stereocenters. The van der Waals surface area contributed by atoms with E-state index in [4.69, 9.17) is 44.3 Å². The second-order valence-corrected chi connectivity index (χ2v) is 9.74. The molecular formula is C24H19Cl3FN3O5S. The summed E-state index contributed by atoms with van der Waals surface area (Å²) in [6, 6.07) is 8.64. The maximum atomic E-state index is 13.4. The Morgan fingerprint density at radius 3 is 2.43 bits per heavy atom. The number of methoxy groups -OCH3 is 1. The van der Waals surface area contributed by atoms with Gasteiger partial charge in [-0.15, -0.1) is 0 Å². The lowest BCUT2D eigenvalue weighted by Crippen LogP contribution is -2.44. The minimum absolute atomic E-state index is 0.00826. The number of carbonyl (C=O) groups is 3. The number of anilines is 1. The van der Waals surface area contributed by atoms with Crippen LogP contribution in [0.4, 0.5) is 10.1 Å². The summed E-state index contributed by atoms with van der Waals surface area (Å²) in [5.74, 6) is -5.26. The van der Waals surface area contributed by atoms with Gasteiger partial charge in [-0.25, -0.2) is 4.39 Å². The van der Waals surface area contributed by atoms with Crippen LogP contribution in [0.25, 0.3) is 0 Å². The standard InChI is InChI=1S/C24H19Cl3FN3O5S/c1-3-36-21-15(26)6-11(7-16(21)27)19-13(9-29)23(31-22(33)20(19)24(34)35-2)37-10-18(32)30-12-4-5-17(28)14(25)8-12/h4-8,19-20H,3,10H2,1-2H3,(H,30,32)(H,31,33)/t19-,20-/m1/s1. The Bertz CT molecular complexity index is 1310. The van der Waals surface area contributed by atoms with E-state index in [0.717, 1.165) is 24.9 Å². The van der Waals surface area contributed by atoms with Crippen molar-refractivity contribution in [3.63, 3.8) is 0 Å². The largest absolute Gasteiger partial charge is 0.491 e. The summed E-state index contributed by atoms with van der Waals surface area (Å²) in [4.78, 5) is 38.0. The van der Waals surface area contributed by atoms with Crippen molar-refractivity contribution in [2.24, 2.45) is 5.92 Å².